The first-order valence-electron chi connectivity index (χ1n) is 6.91. The van der Waals surface area contributed by atoms with E-state index in [1.165, 1.54) is 12.1 Å². The summed E-state index contributed by atoms with van der Waals surface area (Å²) in [6.45, 7) is 4.32. The molecule has 0 bridgehead atoms. The van der Waals surface area contributed by atoms with Crippen molar-refractivity contribution in [1.82, 2.24) is 10.2 Å². The van der Waals surface area contributed by atoms with Gasteiger partial charge in [0.15, 0.2) is 0 Å². The Hall–Kier alpha value is -1.46. The second kappa shape index (κ2) is 6.33. The van der Waals surface area contributed by atoms with E-state index in [9.17, 15) is 9.18 Å². The van der Waals surface area contributed by atoms with Gasteiger partial charge in [-0.1, -0.05) is 19.1 Å². The molecule has 3 unspecified atom stereocenters. The van der Waals surface area contributed by atoms with Crippen molar-refractivity contribution in [3.05, 3.63) is 35.6 Å². The number of rotatable bonds is 5. The Kier molecular flexibility index (Phi) is 4.73. The van der Waals surface area contributed by atoms with E-state index >= 15 is 0 Å². The van der Waals surface area contributed by atoms with Gasteiger partial charge < -0.3 is 9.64 Å². The molecule has 4 nitrogen and oxygen atoms in total. The van der Waals surface area contributed by atoms with Crippen LogP contribution in [0.5, 0.6) is 0 Å². The van der Waals surface area contributed by atoms with Gasteiger partial charge in [-0.05, 0) is 31.0 Å². The van der Waals surface area contributed by atoms with Crippen LogP contribution in [0.1, 0.15) is 32.0 Å². The monoisotopic (exact) mass is 280 g/mol. The number of amides is 1. The molecule has 20 heavy (non-hydrogen) atoms. The number of benzene rings is 1. The molecular weight excluding hydrogens is 259 g/mol. The van der Waals surface area contributed by atoms with E-state index in [1.807, 2.05) is 19.9 Å². The molecule has 1 aliphatic rings. The number of hydrogen-bond donors (Lipinski definition) is 1. The molecule has 1 aromatic rings. The van der Waals surface area contributed by atoms with Crippen LogP contribution in [-0.2, 0) is 9.53 Å². The van der Waals surface area contributed by atoms with Crippen molar-refractivity contribution in [3.8, 4) is 0 Å². The van der Waals surface area contributed by atoms with Gasteiger partial charge in [0.1, 0.15) is 12.0 Å². The molecule has 0 saturated carbocycles. The van der Waals surface area contributed by atoms with Crippen LogP contribution in [0, 0.1) is 5.82 Å². The molecule has 1 heterocycles. The largest absolute Gasteiger partial charge is 0.383 e. The first-order valence-corrected chi connectivity index (χ1v) is 6.91. The zero-order valence-corrected chi connectivity index (χ0v) is 12.1. The molecule has 0 aliphatic carbocycles. The molecule has 1 saturated heterocycles. The maximum Gasteiger partial charge on any atom is 0.241 e. The van der Waals surface area contributed by atoms with Crippen LogP contribution in [-0.4, -0.2) is 36.6 Å². The van der Waals surface area contributed by atoms with Gasteiger partial charge in [-0.2, -0.15) is 0 Å². The first kappa shape index (κ1) is 14.9. The lowest BCUT2D eigenvalue weighted by Crippen LogP contribution is -2.42. The van der Waals surface area contributed by atoms with E-state index in [4.69, 9.17) is 4.74 Å². The summed E-state index contributed by atoms with van der Waals surface area (Å²) < 4.78 is 18.6. The molecule has 1 fully saturated rings. The molecule has 110 valence electrons. The Morgan fingerprint density at radius 3 is 2.85 bits per heavy atom. The Morgan fingerprint density at radius 2 is 2.25 bits per heavy atom. The van der Waals surface area contributed by atoms with Crippen LogP contribution in [0.15, 0.2) is 24.3 Å². The normalized spacial score (nSPS) is 24.2. The first-order chi connectivity index (χ1) is 9.58. The second-order valence-corrected chi connectivity index (χ2v) is 5.11. The lowest BCUT2D eigenvalue weighted by Gasteiger charge is -2.32. The van der Waals surface area contributed by atoms with E-state index < -0.39 is 0 Å². The van der Waals surface area contributed by atoms with Crippen molar-refractivity contribution in [2.24, 2.45) is 0 Å². The molecule has 1 N–H and O–H groups in total. The van der Waals surface area contributed by atoms with Gasteiger partial charge >= 0.3 is 0 Å². The average molecular weight is 280 g/mol. The summed E-state index contributed by atoms with van der Waals surface area (Å²) in [6, 6.07) is 6.08. The summed E-state index contributed by atoms with van der Waals surface area (Å²) >= 11 is 0. The number of nitrogens with zero attached hydrogens (tertiary/aromatic N) is 1. The summed E-state index contributed by atoms with van der Waals surface area (Å²) in [7, 11) is 1.62. The molecule has 1 amide bonds. The Morgan fingerprint density at radius 1 is 1.50 bits per heavy atom. The van der Waals surface area contributed by atoms with Crippen LogP contribution in [0.2, 0.25) is 0 Å². The topological polar surface area (TPSA) is 41.6 Å². The average Bonchev–Trinajstić information content (AvgIpc) is 2.73. The Bertz CT molecular complexity index is 481. The number of methoxy groups -OCH3 is 1. The smallest absolute Gasteiger partial charge is 0.241 e. The molecule has 3 atom stereocenters. The third-order valence-electron chi connectivity index (χ3n) is 3.70. The van der Waals surface area contributed by atoms with Crippen LogP contribution < -0.4 is 5.32 Å². The lowest BCUT2D eigenvalue weighted by atomic mass is 10.1. The van der Waals surface area contributed by atoms with Gasteiger partial charge in [-0.3, -0.25) is 10.1 Å². The van der Waals surface area contributed by atoms with Gasteiger partial charge in [0, 0.05) is 7.11 Å². The molecule has 0 aromatic heterocycles. The minimum atomic E-state index is -0.298. The Balaban J connectivity index is 2.32. The third kappa shape index (κ3) is 2.83. The van der Waals surface area contributed by atoms with Crippen LogP contribution in [0.3, 0.4) is 0 Å². The van der Waals surface area contributed by atoms with E-state index in [0.29, 0.717) is 6.61 Å². The number of nitrogens with one attached hydrogen (secondary N) is 1. The van der Waals surface area contributed by atoms with Gasteiger partial charge in [0.25, 0.3) is 0 Å². The van der Waals surface area contributed by atoms with E-state index in [2.05, 4.69) is 5.32 Å². The third-order valence-corrected chi connectivity index (χ3v) is 3.70. The quantitative estimate of drug-likeness (QED) is 0.897. The van der Waals surface area contributed by atoms with Crippen molar-refractivity contribution in [3.63, 3.8) is 0 Å². The molecule has 2 rings (SSSR count). The zero-order valence-electron chi connectivity index (χ0n) is 12.1. The molecule has 5 heteroatoms. The highest BCUT2D eigenvalue weighted by atomic mass is 19.1. The van der Waals surface area contributed by atoms with E-state index in [1.54, 1.807) is 18.1 Å². The van der Waals surface area contributed by atoms with Gasteiger partial charge in [-0.25, -0.2) is 4.39 Å². The highest BCUT2D eigenvalue weighted by Crippen LogP contribution is 2.29. The Labute approximate surface area is 118 Å². The maximum atomic E-state index is 13.4. The minimum absolute atomic E-state index is 0.0155. The fraction of sp³-hybridized carbons (Fsp3) is 0.533. The number of hydrogen-bond acceptors (Lipinski definition) is 3. The maximum absolute atomic E-state index is 13.4. The lowest BCUT2D eigenvalue weighted by molar-refractivity contribution is -0.133. The van der Waals surface area contributed by atoms with Gasteiger partial charge in [-0.15, -0.1) is 0 Å². The summed E-state index contributed by atoms with van der Waals surface area (Å²) in [5.74, 6) is -0.265. The van der Waals surface area contributed by atoms with Crippen molar-refractivity contribution >= 4 is 5.91 Å². The fourth-order valence-electron chi connectivity index (χ4n) is 2.65. The van der Waals surface area contributed by atoms with Crippen LogP contribution in [0.25, 0.3) is 0 Å². The van der Waals surface area contributed by atoms with Gasteiger partial charge in [0.05, 0.1) is 18.7 Å². The van der Waals surface area contributed by atoms with Crippen LogP contribution in [0.4, 0.5) is 4.39 Å². The van der Waals surface area contributed by atoms with Gasteiger partial charge in [0.2, 0.25) is 5.91 Å². The molecule has 1 aliphatic heterocycles. The summed E-state index contributed by atoms with van der Waals surface area (Å²) in [5, 5.41) is 3.22. The number of halogens is 1. The molecular formula is C15H21FN2O2. The molecule has 0 spiro atoms. The second-order valence-electron chi connectivity index (χ2n) is 5.11. The predicted octanol–water partition coefficient (Wildman–Crippen LogP) is 2.07. The SMILES string of the molecule is CCC(COC)N1C(=O)C(C)NC1c1cccc(F)c1. The van der Waals surface area contributed by atoms with Crippen LogP contribution >= 0.6 is 0 Å². The zero-order chi connectivity index (χ0) is 14.7. The highest BCUT2D eigenvalue weighted by Gasteiger charge is 2.40. The number of carbonyl (C=O) groups is 1. The van der Waals surface area contributed by atoms with Crippen molar-refractivity contribution < 1.29 is 13.9 Å². The highest BCUT2D eigenvalue weighted by molar-refractivity contribution is 5.84. The molecule has 1 aromatic carbocycles. The fourth-order valence-corrected chi connectivity index (χ4v) is 2.65. The standard InChI is InChI=1S/C15H21FN2O2/c1-4-13(9-20-3)18-14(17-10(2)15(18)19)11-6-5-7-12(16)8-11/h5-8,10,13-14,17H,4,9H2,1-3H3. The van der Waals surface area contributed by atoms with Crippen molar-refractivity contribution in [1.29, 1.82) is 0 Å². The molecule has 0 radical (unpaired) electrons. The van der Waals surface area contributed by atoms with E-state index in [-0.39, 0.29) is 30.0 Å². The number of ether oxygens (including phenoxy) is 1. The summed E-state index contributed by atoms with van der Waals surface area (Å²) in [5.41, 5.74) is 0.761. The van der Waals surface area contributed by atoms with Crippen molar-refractivity contribution in [2.45, 2.75) is 38.5 Å². The number of carbonyl (C=O) groups excluding carboxylic acids is 1. The summed E-state index contributed by atoms with van der Waals surface area (Å²) in [4.78, 5) is 14.1. The summed E-state index contributed by atoms with van der Waals surface area (Å²) in [6.07, 6.45) is 0.494. The minimum Gasteiger partial charge on any atom is -0.383 e. The predicted molar refractivity (Wildman–Crippen MR) is 74.5 cm³/mol. The van der Waals surface area contributed by atoms with Crippen molar-refractivity contribution in [2.75, 3.05) is 13.7 Å². The van der Waals surface area contributed by atoms with E-state index in [0.717, 1.165) is 12.0 Å².